The minimum atomic E-state index is -4.94. The first kappa shape index (κ1) is 80.1. The highest BCUT2D eigenvalue weighted by molar-refractivity contribution is 7.47. The summed E-state index contributed by atoms with van der Waals surface area (Å²) in [5.74, 6) is 0.757. The maximum Gasteiger partial charge on any atom is 0.472 e. The van der Waals surface area contributed by atoms with Crippen molar-refractivity contribution in [3.63, 3.8) is 0 Å². The lowest BCUT2D eigenvalue weighted by atomic mass is 9.99. The zero-order chi connectivity index (χ0) is 61.1. The second kappa shape index (κ2) is 53.3. The molecule has 486 valence electrons. The molecule has 0 spiro atoms. The highest BCUT2D eigenvalue weighted by atomic mass is 31.2. The molecular formula is C63H122O17P2. The first-order chi connectivity index (χ1) is 39.2. The number of hydrogen-bond donors (Lipinski definition) is 3. The van der Waals surface area contributed by atoms with E-state index in [4.69, 9.17) is 37.0 Å². The van der Waals surface area contributed by atoms with Crippen LogP contribution in [0.25, 0.3) is 0 Å². The second-order valence-corrected chi connectivity index (χ2v) is 27.1. The molecule has 0 aliphatic rings. The van der Waals surface area contributed by atoms with E-state index in [-0.39, 0.29) is 25.7 Å². The Labute approximate surface area is 498 Å². The molecule has 0 aliphatic heterocycles. The van der Waals surface area contributed by atoms with Crippen LogP contribution in [0.4, 0.5) is 0 Å². The van der Waals surface area contributed by atoms with Gasteiger partial charge in [0.25, 0.3) is 0 Å². The Hall–Kier alpha value is -1.94. The van der Waals surface area contributed by atoms with Crippen LogP contribution in [-0.2, 0) is 65.4 Å². The quantitative estimate of drug-likeness (QED) is 0.0222. The number of phosphoric ester groups is 2. The fourth-order valence-electron chi connectivity index (χ4n) is 9.19. The molecule has 0 fully saturated rings. The van der Waals surface area contributed by atoms with Crippen molar-refractivity contribution in [3.05, 3.63) is 0 Å². The molecule has 0 saturated heterocycles. The van der Waals surface area contributed by atoms with Crippen LogP contribution in [0.15, 0.2) is 0 Å². The van der Waals surface area contributed by atoms with Gasteiger partial charge in [-0.15, -0.1) is 0 Å². The number of hydrogen-bond acceptors (Lipinski definition) is 15. The van der Waals surface area contributed by atoms with Crippen LogP contribution in [-0.4, -0.2) is 96.7 Å². The molecule has 0 aromatic carbocycles. The van der Waals surface area contributed by atoms with Crippen LogP contribution in [0.3, 0.4) is 0 Å². The predicted octanol–water partition coefficient (Wildman–Crippen LogP) is 17.0. The zero-order valence-electron chi connectivity index (χ0n) is 53.1. The maximum atomic E-state index is 13.0. The van der Waals surface area contributed by atoms with Gasteiger partial charge in [-0.05, 0) is 49.4 Å². The van der Waals surface area contributed by atoms with Crippen molar-refractivity contribution < 1.29 is 80.2 Å². The van der Waals surface area contributed by atoms with Crippen LogP contribution in [0, 0.1) is 23.7 Å². The number of aliphatic hydroxyl groups is 1. The number of esters is 4. The van der Waals surface area contributed by atoms with Crippen LogP contribution < -0.4 is 0 Å². The van der Waals surface area contributed by atoms with E-state index in [2.05, 4.69) is 55.4 Å². The van der Waals surface area contributed by atoms with E-state index in [1.807, 2.05) is 0 Å². The Morgan fingerprint density at radius 3 is 0.866 bits per heavy atom. The lowest BCUT2D eigenvalue weighted by molar-refractivity contribution is -0.161. The van der Waals surface area contributed by atoms with Gasteiger partial charge in [-0.2, -0.15) is 0 Å². The van der Waals surface area contributed by atoms with E-state index in [0.29, 0.717) is 37.5 Å². The van der Waals surface area contributed by atoms with Crippen molar-refractivity contribution in [1.82, 2.24) is 0 Å². The minimum absolute atomic E-state index is 0.102. The predicted molar refractivity (Wildman–Crippen MR) is 326 cm³/mol. The summed E-state index contributed by atoms with van der Waals surface area (Å²) in [6.07, 6.45) is 32.2. The summed E-state index contributed by atoms with van der Waals surface area (Å²) < 4.78 is 67.9. The molecule has 0 bridgehead atoms. The number of rotatable bonds is 60. The van der Waals surface area contributed by atoms with Crippen molar-refractivity contribution in [2.45, 2.75) is 318 Å². The summed E-state index contributed by atoms with van der Waals surface area (Å²) in [6, 6.07) is 0. The Kier molecular flexibility index (Phi) is 52.0. The molecule has 0 heterocycles. The molecule has 0 rings (SSSR count). The first-order valence-electron chi connectivity index (χ1n) is 32.8. The molecule has 0 saturated carbocycles. The van der Waals surface area contributed by atoms with Crippen molar-refractivity contribution in [3.8, 4) is 0 Å². The Morgan fingerprint density at radius 1 is 0.341 bits per heavy atom. The maximum absolute atomic E-state index is 13.0. The molecule has 0 aromatic rings. The van der Waals surface area contributed by atoms with E-state index in [0.717, 1.165) is 115 Å². The Balaban J connectivity index is 5.27. The van der Waals surface area contributed by atoms with E-state index in [1.54, 1.807) is 0 Å². The van der Waals surface area contributed by atoms with Crippen LogP contribution in [0.1, 0.15) is 299 Å². The lowest BCUT2D eigenvalue weighted by Gasteiger charge is -2.21. The lowest BCUT2D eigenvalue weighted by Crippen LogP contribution is -2.30. The number of phosphoric acid groups is 2. The van der Waals surface area contributed by atoms with Gasteiger partial charge in [0.2, 0.25) is 0 Å². The zero-order valence-corrected chi connectivity index (χ0v) is 54.9. The smallest absolute Gasteiger partial charge is 0.462 e. The van der Waals surface area contributed by atoms with E-state index in [9.17, 15) is 43.2 Å². The number of unbranched alkanes of at least 4 members (excludes halogenated alkanes) is 24. The molecule has 19 heteroatoms. The summed E-state index contributed by atoms with van der Waals surface area (Å²) in [6.45, 7) is 13.9. The molecular weight excluding hydrogens is 1090 g/mol. The summed E-state index contributed by atoms with van der Waals surface area (Å²) in [5, 5.41) is 10.5. The van der Waals surface area contributed by atoms with E-state index >= 15 is 0 Å². The molecule has 5 unspecified atom stereocenters. The topological polar surface area (TPSA) is 237 Å². The molecule has 0 aromatic heterocycles. The second-order valence-electron chi connectivity index (χ2n) is 24.2. The number of carbonyl (C=O) groups excluding carboxylic acids is 4. The molecule has 7 atom stereocenters. The third-order valence-electron chi connectivity index (χ3n) is 15.0. The average Bonchev–Trinajstić information content (AvgIpc) is 3.44. The summed E-state index contributed by atoms with van der Waals surface area (Å²) >= 11 is 0. The van der Waals surface area contributed by atoms with Gasteiger partial charge in [-0.3, -0.25) is 37.3 Å². The van der Waals surface area contributed by atoms with E-state index < -0.39 is 97.5 Å². The van der Waals surface area contributed by atoms with Crippen molar-refractivity contribution in [2.24, 2.45) is 23.7 Å². The number of ether oxygens (including phenoxy) is 4. The molecule has 17 nitrogen and oxygen atoms in total. The highest BCUT2D eigenvalue weighted by Gasteiger charge is 2.30. The Bertz CT molecular complexity index is 1650. The highest BCUT2D eigenvalue weighted by Crippen LogP contribution is 2.45. The van der Waals surface area contributed by atoms with Crippen molar-refractivity contribution >= 4 is 39.5 Å². The molecule has 0 amide bonds. The van der Waals surface area contributed by atoms with Crippen LogP contribution in [0.5, 0.6) is 0 Å². The minimum Gasteiger partial charge on any atom is -0.462 e. The van der Waals surface area contributed by atoms with Gasteiger partial charge in [0.15, 0.2) is 12.2 Å². The van der Waals surface area contributed by atoms with Crippen molar-refractivity contribution in [1.29, 1.82) is 0 Å². The van der Waals surface area contributed by atoms with Gasteiger partial charge in [0, 0.05) is 25.7 Å². The summed E-state index contributed by atoms with van der Waals surface area (Å²) in [5.41, 5.74) is 0. The fourth-order valence-corrected chi connectivity index (χ4v) is 10.8. The third kappa shape index (κ3) is 54.7. The van der Waals surface area contributed by atoms with Crippen molar-refractivity contribution in [2.75, 3.05) is 39.6 Å². The SMILES string of the molecule is CCC(C)CCCCCCCCCCC(=O)O[C@H](COC(=O)CCCCCCCCCC(C)C)COP(=O)(O)OCC(O)COP(=O)(O)OC[C@@H](COC(=O)CCCCCCCCC(C)CC)OC(=O)CCCCCCCCCC(C)C. The van der Waals surface area contributed by atoms with Gasteiger partial charge < -0.3 is 33.8 Å². The van der Waals surface area contributed by atoms with Gasteiger partial charge in [0.1, 0.15) is 19.3 Å². The number of carbonyl (C=O) groups is 4. The Morgan fingerprint density at radius 2 is 0.585 bits per heavy atom. The van der Waals surface area contributed by atoms with Gasteiger partial charge in [-0.25, -0.2) is 9.13 Å². The van der Waals surface area contributed by atoms with Gasteiger partial charge in [0.05, 0.1) is 26.4 Å². The monoisotopic (exact) mass is 1210 g/mol. The van der Waals surface area contributed by atoms with Crippen LogP contribution >= 0.6 is 15.6 Å². The normalized spacial score (nSPS) is 15.1. The number of aliphatic hydroxyl groups excluding tert-OH is 1. The largest absolute Gasteiger partial charge is 0.472 e. The van der Waals surface area contributed by atoms with Crippen LogP contribution in [0.2, 0.25) is 0 Å². The third-order valence-corrected chi connectivity index (χ3v) is 16.9. The first-order valence-corrected chi connectivity index (χ1v) is 35.8. The average molecular weight is 1210 g/mol. The summed E-state index contributed by atoms with van der Waals surface area (Å²) in [7, 11) is -9.89. The van der Waals surface area contributed by atoms with E-state index in [1.165, 1.54) is 89.9 Å². The fraction of sp³-hybridized carbons (Fsp3) is 0.937. The molecule has 82 heavy (non-hydrogen) atoms. The standard InChI is InChI=1S/C63H122O17P2/c1-9-55(7)41-33-25-17-11-12-18-29-37-45-62(67)79-58(49-73-60(65)43-35-27-19-13-15-23-31-39-53(3)4)51-77-81(69,70)75-47-57(64)48-76-82(71,72)78-52-59(80-63(68)46-38-30-20-14-16-24-32-40-54(5)6)50-74-61(66)44-36-28-22-21-26-34-42-56(8)10-2/h53-59,64H,9-52H2,1-8H3,(H,69,70)(H,71,72)/t55?,56?,57?,58-,59-/m1/s1. The molecule has 3 N–H and O–H groups in total. The molecule has 0 radical (unpaired) electrons. The van der Waals surface area contributed by atoms with Gasteiger partial charge in [-0.1, -0.05) is 248 Å². The molecule has 0 aliphatic carbocycles. The summed E-state index contributed by atoms with van der Waals surface area (Å²) in [4.78, 5) is 72.1. The van der Waals surface area contributed by atoms with Gasteiger partial charge >= 0.3 is 39.5 Å².